The Morgan fingerprint density at radius 1 is 1.04 bits per heavy atom. The largest absolute Gasteiger partial charge is 0.368 e. The number of pyridine rings is 1. The lowest BCUT2D eigenvalue weighted by molar-refractivity contribution is 0.0744. The van der Waals surface area contributed by atoms with E-state index in [-0.39, 0.29) is 17.0 Å². The van der Waals surface area contributed by atoms with Crippen LogP contribution >= 0.6 is 0 Å². The quantitative estimate of drug-likeness (QED) is 0.710. The molecule has 0 saturated carbocycles. The van der Waals surface area contributed by atoms with Gasteiger partial charge >= 0.3 is 0 Å². The number of rotatable bonds is 2. The standard InChI is InChI=1S/C20H20N4O2/c1-15-5-4-6-16(13-15)22-9-11-23(12-10-22)19(25)17-14-21-18-7-2-3-8-24(18)20(17)26/h2-8,13-14H,9-12H2,1H3. The molecule has 3 heterocycles. The van der Waals surface area contributed by atoms with E-state index in [4.69, 9.17) is 0 Å². The van der Waals surface area contributed by atoms with Crippen LogP contribution in [0, 0.1) is 6.92 Å². The fraction of sp³-hybridized carbons (Fsp3) is 0.250. The molecule has 0 unspecified atom stereocenters. The highest BCUT2D eigenvalue weighted by Crippen LogP contribution is 2.18. The van der Waals surface area contributed by atoms with Crippen molar-refractivity contribution in [2.45, 2.75) is 6.92 Å². The molecule has 6 nitrogen and oxygen atoms in total. The Morgan fingerprint density at radius 2 is 1.85 bits per heavy atom. The molecule has 0 aliphatic carbocycles. The normalized spacial score (nSPS) is 14.7. The second-order valence-electron chi connectivity index (χ2n) is 6.52. The number of nitrogens with zero attached hydrogens (tertiary/aromatic N) is 4. The van der Waals surface area contributed by atoms with Gasteiger partial charge in [0.05, 0.1) is 0 Å². The summed E-state index contributed by atoms with van der Waals surface area (Å²) in [6.45, 7) is 4.74. The summed E-state index contributed by atoms with van der Waals surface area (Å²) >= 11 is 0. The summed E-state index contributed by atoms with van der Waals surface area (Å²) in [5.74, 6) is -0.246. The van der Waals surface area contributed by atoms with Crippen molar-refractivity contribution in [2.75, 3.05) is 31.1 Å². The zero-order valence-corrected chi connectivity index (χ0v) is 14.6. The van der Waals surface area contributed by atoms with Crippen molar-refractivity contribution < 1.29 is 4.79 Å². The van der Waals surface area contributed by atoms with E-state index in [1.165, 1.54) is 21.8 Å². The number of carbonyl (C=O) groups excluding carboxylic acids is 1. The zero-order valence-electron chi connectivity index (χ0n) is 14.6. The summed E-state index contributed by atoms with van der Waals surface area (Å²) in [6, 6.07) is 13.7. The Hall–Kier alpha value is -3.15. The highest BCUT2D eigenvalue weighted by Gasteiger charge is 2.24. The number of benzene rings is 1. The summed E-state index contributed by atoms with van der Waals surface area (Å²) in [5.41, 5.74) is 2.73. The molecule has 1 aliphatic rings. The van der Waals surface area contributed by atoms with Crippen molar-refractivity contribution >= 4 is 17.2 Å². The lowest BCUT2D eigenvalue weighted by atomic mass is 10.2. The molecule has 0 N–H and O–H groups in total. The number of hydrogen-bond donors (Lipinski definition) is 0. The van der Waals surface area contributed by atoms with E-state index in [0.717, 1.165) is 13.1 Å². The van der Waals surface area contributed by atoms with Crippen LogP contribution in [-0.2, 0) is 0 Å². The van der Waals surface area contributed by atoms with Crippen molar-refractivity contribution in [2.24, 2.45) is 0 Å². The fourth-order valence-corrected chi connectivity index (χ4v) is 3.34. The third-order valence-electron chi connectivity index (χ3n) is 4.78. The molecule has 0 radical (unpaired) electrons. The lowest BCUT2D eigenvalue weighted by Crippen LogP contribution is -2.49. The van der Waals surface area contributed by atoms with Gasteiger partial charge in [-0.15, -0.1) is 0 Å². The van der Waals surface area contributed by atoms with E-state index in [9.17, 15) is 9.59 Å². The van der Waals surface area contributed by atoms with E-state index >= 15 is 0 Å². The number of hydrogen-bond acceptors (Lipinski definition) is 4. The molecular weight excluding hydrogens is 328 g/mol. The molecule has 1 aliphatic heterocycles. The second kappa shape index (κ2) is 6.63. The molecule has 1 saturated heterocycles. The van der Waals surface area contributed by atoms with E-state index in [2.05, 4.69) is 35.0 Å². The minimum Gasteiger partial charge on any atom is -0.368 e. The van der Waals surface area contributed by atoms with Crippen LogP contribution in [0.4, 0.5) is 5.69 Å². The van der Waals surface area contributed by atoms with Crippen LogP contribution in [0.2, 0.25) is 0 Å². The van der Waals surface area contributed by atoms with Gasteiger partial charge in [-0.3, -0.25) is 14.0 Å². The Balaban J connectivity index is 1.52. The molecular formula is C20H20N4O2. The Morgan fingerprint density at radius 3 is 2.62 bits per heavy atom. The second-order valence-corrected chi connectivity index (χ2v) is 6.52. The lowest BCUT2D eigenvalue weighted by Gasteiger charge is -2.36. The van der Waals surface area contributed by atoms with Crippen molar-refractivity contribution in [1.82, 2.24) is 14.3 Å². The number of anilines is 1. The summed E-state index contributed by atoms with van der Waals surface area (Å²) in [7, 11) is 0. The van der Waals surface area contributed by atoms with Gasteiger partial charge in [-0.2, -0.15) is 0 Å². The molecule has 4 rings (SSSR count). The summed E-state index contributed by atoms with van der Waals surface area (Å²) in [5, 5.41) is 0. The minimum absolute atomic E-state index is 0.123. The predicted octanol–water partition coefficient (Wildman–Crippen LogP) is 1.97. The Kier molecular flexibility index (Phi) is 4.16. The van der Waals surface area contributed by atoms with Crippen LogP contribution in [0.25, 0.3) is 5.65 Å². The molecule has 0 bridgehead atoms. The Labute approximate surface area is 151 Å². The van der Waals surface area contributed by atoms with Crippen molar-refractivity contribution in [3.63, 3.8) is 0 Å². The van der Waals surface area contributed by atoms with Gasteiger partial charge in [-0.05, 0) is 36.8 Å². The van der Waals surface area contributed by atoms with E-state index in [1.807, 2.05) is 12.1 Å². The van der Waals surface area contributed by atoms with Crippen LogP contribution in [0.15, 0.2) is 59.7 Å². The monoisotopic (exact) mass is 348 g/mol. The third kappa shape index (κ3) is 2.94. The van der Waals surface area contributed by atoms with Crippen LogP contribution in [0.1, 0.15) is 15.9 Å². The third-order valence-corrected chi connectivity index (χ3v) is 4.78. The molecule has 3 aromatic rings. The molecule has 2 aromatic heterocycles. The minimum atomic E-state index is -0.318. The van der Waals surface area contributed by atoms with Crippen LogP contribution < -0.4 is 10.5 Å². The summed E-state index contributed by atoms with van der Waals surface area (Å²) in [6.07, 6.45) is 3.03. The van der Waals surface area contributed by atoms with Gasteiger partial charge in [0, 0.05) is 44.3 Å². The van der Waals surface area contributed by atoms with Gasteiger partial charge < -0.3 is 9.80 Å². The zero-order chi connectivity index (χ0) is 18.1. The van der Waals surface area contributed by atoms with E-state index < -0.39 is 0 Å². The number of fused-ring (bicyclic) bond motifs is 1. The van der Waals surface area contributed by atoms with Gasteiger partial charge in [-0.25, -0.2) is 4.98 Å². The maximum Gasteiger partial charge on any atom is 0.270 e. The highest BCUT2D eigenvalue weighted by molar-refractivity contribution is 5.94. The fourth-order valence-electron chi connectivity index (χ4n) is 3.34. The predicted molar refractivity (Wildman–Crippen MR) is 101 cm³/mol. The molecule has 132 valence electrons. The van der Waals surface area contributed by atoms with Gasteiger partial charge in [0.25, 0.3) is 11.5 Å². The van der Waals surface area contributed by atoms with Crippen molar-refractivity contribution in [3.8, 4) is 0 Å². The number of aromatic nitrogens is 2. The molecule has 1 aromatic carbocycles. The average molecular weight is 348 g/mol. The van der Waals surface area contributed by atoms with E-state index in [0.29, 0.717) is 18.7 Å². The summed E-state index contributed by atoms with van der Waals surface area (Å²) < 4.78 is 1.41. The van der Waals surface area contributed by atoms with Crippen molar-refractivity contribution in [3.05, 3.63) is 76.3 Å². The first kappa shape index (κ1) is 16.3. The van der Waals surface area contributed by atoms with Crippen LogP contribution in [0.3, 0.4) is 0 Å². The maximum atomic E-state index is 12.8. The molecule has 26 heavy (non-hydrogen) atoms. The van der Waals surface area contributed by atoms with E-state index in [1.54, 1.807) is 23.2 Å². The first-order valence-electron chi connectivity index (χ1n) is 8.71. The van der Waals surface area contributed by atoms with Crippen LogP contribution in [-0.4, -0.2) is 46.4 Å². The van der Waals surface area contributed by atoms with Gasteiger partial charge in [0.15, 0.2) is 0 Å². The average Bonchev–Trinajstić information content (AvgIpc) is 2.68. The first-order chi connectivity index (χ1) is 12.6. The van der Waals surface area contributed by atoms with Crippen molar-refractivity contribution in [1.29, 1.82) is 0 Å². The molecule has 0 atom stereocenters. The van der Waals surface area contributed by atoms with Crippen LogP contribution in [0.5, 0.6) is 0 Å². The van der Waals surface area contributed by atoms with Gasteiger partial charge in [0.1, 0.15) is 11.2 Å². The number of piperazine rings is 1. The van der Waals surface area contributed by atoms with Gasteiger partial charge in [-0.1, -0.05) is 18.2 Å². The Bertz CT molecular complexity index is 1020. The number of amides is 1. The van der Waals surface area contributed by atoms with Gasteiger partial charge in [0.2, 0.25) is 0 Å². The highest BCUT2D eigenvalue weighted by atomic mass is 16.2. The molecule has 1 amide bonds. The first-order valence-corrected chi connectivity index (χ1v) is 8.71. The molecule has 6 heteroatoms. The molecule has 1 fully saturated rings. The number of carbonyl (C=O) groups is 1. The maximum absolute atomic E-state index is 12.8. The SMILES string of the molecule is Cc1cccc(N2CCN(C(=O)c3cnc4ccccn4c3=O)CC2)c1. The number of aryl methyl sites for hydroxylation is 1. The molecule has 0 spiro atoms. The summed E-state index contributed by atoms with van der Waals surface area (Å²) in [4.78, 5) is 33.7. The topological polar surface area (TPSA) is 57.9 Å². The smallest absolute Gasteiger partial charge is 0.270 e.